The molecule has 1 aliphatic rings. The van der Waals surface area contributed by atoms with Crippen LogP contribution in [-0.4, -0.2) is 6.41 Å². The first-order valence-corrected chi connectivity index (χ1v) is 8.50. The Balaban J connectivity index is 0.000000221. The maximum atomic E-state index is 9.87. The highest BCUT2D eigenvalue weighted by Crippen LogP contribution is 2.25. The van der Waals surface area contributed by atoms with Gasteiger partial charge in [-0.1, -0.05) is 61.9 Å². The number of carbonyl (C=O) groups excluding carboxylic acids is 1. The van der Waals surface area contributed by atoms with Gasteiger partial charge in [-0.05, 0) is 42.7 Å². The van der Waals surface area contributed by atoms with Gasteiger partial charge in [-0.25, -0.2) is 0 Å². The molecule has 1 aliphatic heterocycles. The minimum absolute atomic E-state index is 0.615. The fraction of sp³-hybridized carbons (Fsp3) is 0.250. The molecule has 128 valence electrons. The molecule has 0 atom stereocenters. The van der Waals surface area contributed by atoms with Crippen molar-refractivity contribution in [1.82, 2.24) is 5.32 Å². The third kappa shape index (κ3) is 6.88. The zero-order chi connectivity index (χ0) is 17.8. The molecule has 0 spiro atoms. The fourth-order valence-corrected chi connectivity index (χ4v) is 2.33. The van der Waals surface area contributed by atoms with Gasteiger partial charge in [-0.3, -0.25) is 4.79 Å². The van der Waals surface area contributed by atoms with Gasteiger partial charge in [0, 0.05) is 23.0 Å². The van der Waals surface area contributed by atoms with Crippen LogP contribution in [0.1, 0.15) is 31.9 Å². The van der Waals surface area contributed by atoms with Crippen molar-refractivity contribution in [2.75, 3.05) is 5.32 Å². The molecule has 0 bridgehead atoms. The summed E-state index contributed by atoms with van der Waals surface area (Å²) in [5.41, 5.74) is 4.78. The van der Waals surface area contributed by atoms with E-state index in [1.807, 2.05) is 62.4 Å². The number of fused-ring (bicyclic) bond motifs is 1. The third-order valence-electron chi connectivity index (χ3n) is 3.26. The molecule has 0 fully saturated rings. The molecule has 0 saturated heterocycles. The second-order valence-electron chi connectivity index (χ2n) is 5.00. The number of hydrogen-bond donors (Lipinski definition) is 2. The summed E-state index contributed by atoms with van der Waals surface area (Å²) in [6.07, 6.45) is 3.85. The molecule has 0 unspecified atom stereocenters. The lowest BCUT2D eigenvalue weighted by Gasteiger charge is -2.16. The molecule has 4 heteroatoms. The topological polar surface area (TPSA) is 41.1 Å². The summed E-state index contributed by atoms with van der Waals surface area (Å²) >= 11 is 5.86. The lowest BCUT2D eigenvalue weighted by atomic mass is 10.1. The van der Waals surface area contributed by atoms with Gasteiger partial charge in [-0.2, -0.15) is 0 Å². The highest BCUT2D eigenvalue weighted by Gasteiger charge is 2.06. The van der Waals surface area contributed by atoms with Crippen molar-refractivity contribution in [2.24, 2.45) is 0 Å². The van der Waals surface area contributed by atoms with Gasteiger partial charge < -0.3 is 10.6 Å². The summed E-state index contributed by atoms with van der Waals surface area (Å²) in [6.45, 7) is 6.68. The first kappa shape index (κ1) is 19.8. The van der Waals surface area contributed by atoms with E-state index in [1.54, 1.807) is 0 Å². The van der Waals surface area contributed by atoms with E-state index in [-0.39, 0.29) is 0 Å². The Labute approximate surface area is 149 Å². The SMILES string of the molecule is CC.CC1=CCc2cc(Cl)ccc2N1.O=CNCc1ccccc1. The van der Waals surface area contributed by atoms with E-state index in [2.05, 4.69) is 23.6 Å². The Kier molecular flexibility index (Phi) is 9.32. The Morgan fingerprint density at radius 3 is 2.54 bits per heavy atom. The average Bonchev–Trinajstić information content (AvgIpc) is 2.63. The molecule has 0 radical (unpaired) electrons. The van der Waals surface area contributed by atoms with Crippen LogP contribution in [0.15, 0.2) is 60.3 Å². The predicted molar refractivity (Wildman–Crippen MR) is 103 cm³/mol. The maximum absolute atomic E-state index is 9.87. The smallest absolute Gasteiger partial charge is 0.207 e. The van der Waals surface area contributed by atoms with Crippen molar-refractivity contribution >= 4 is 23.7 Å². The van der Waals surface area contributed by atoms with E-state index in [1.165, 1.54) is 16.9 Å². The van der Waals surface area contributed by atoms with Crippen LogP contribution < -0.4 is 10.6 Å². The molecule has 2 aromatic rings. The first-order chi connectivity index (χ1) is 11.7. The van der Waals surface area contributed by atoms with Gasteiger partial charge in [-0.15, -0.1) is 0 Å². The second kappa shape index (κ2) is 11.3. The normalized spacial score (nSPS) is 11.2. The summed E-state index contributed by atoms with van der Waals surface area (Å²) in [4.78, 5) is 9.87. The fourth-order valence-electron chi connectivity index (χ4n) is 2.13. The van der Waals surface area contributed by atoms with Crippen LogP contribution in [0.4, 0.5) is 5.69 Å². The van der Waals surface area contributed by atoms with Crippen LogP contribution in [0.3, 0.4) is 0 Å². The van der Waals surface area contributed by atoms with Crippen LogP contribution >= 0.6 is 11.6 Å². The maximum Gasteiger partial charge on any atom is 0.207 e. The second-order valence-corrected chi connectivity index (χ2v) is 5.44. The first-order valence-electron chi connectivity index (χ1n) is 8.12. The standard InChI is InChI=1S/C10H10ClN.C8H9NO.C2H6/c1-7-2-3-8-6-9(11)4-5-10(8)12-7;10-7-9-6-8-4-2-1-3-5-8;1-2/h2,4-6,12H,3H2,1H3;1-5,7H,6H2,(H,9,10);1-2H3. The zero-order valence-electron chi connectivity index (χ0n) is 14.5. The van der Waals surface area contributed by atoms with Crippen molar-refractivity contribution in [3.05, 3.63) is 76.5 Å². The molecule has 2 N–H and O–H groups in total. The molecule has 0 aromatic heterocycles. The highest BCUT2D eigenvalue weighted by molar-refractivity contribution is 6.30. The summed E-state index contributed by atoms with van der Waals surface area (Å²) in [5, 5.41) is 6.68. The van der Waals surface area contributed by atoms with Crippen LogP contribution in [-0.2, 0) is 17.8 Å². The summed E-state index contributed by atoms with van der Waals surface area (Å²) in [6, 6.07) is 15.7. The number of nitrogens with one attached hydrogen (secondary N) is 2. The molecule has 0 aliphatic carbocycles. The van der Waals surface area contributed by atoms with Gasteiger partial charge in [0.05, 0.1) is 0 Å². The third-order valence-corrected chi connectivity index (χ3v) is 3.49. The Bertz CT molecular complexity index is 654. The minimum Gasteiger partial charge on any atom is -0.359 e. The van der Waals surface area contributed by atoms with Gasteiger partial charge in [0.15, 0.2) is 0 Å². The minimum atomic E-state index is 0.615. The largest absolute Gasteiger partial charge is 0.359 e. The van der Waals surface area contributed by atoms with E-state index < -0.39 is 0 Å². The number of benzene rings is 2. The van der Waals surface area contributed by atoms with Crippen molar-refractivity contribution < 1.29 is 4.79 Å². The number of hydrogen-bond acceptors (Lipinski definition) is 2. The molecular weight excluding hydrogens is 320 g/mol. The quantitative estimate of drug-likeness (QED) is 0.754. The van der Waals surface area contributed by atoms with Gasteiger partial charge in [0.1, 0.15) is 0 Å². The molecule has 3 nitrogen and oxygen atoms in total. The summed E-state index contributed by atoms with van der Waals surface area (Å²) in [7, 11) is 0. The summed E-state index contributed by atoms with van der Waals surface area (Å²) in [5.74, 6) is 0. The van der Waals surface area contributed by atoms with Crippen molar-refractivity contribution in [3.63, 3.8) is 0 Å². The molecule has 1 amide bonds. The molecular formula is C20H25ClN2O. The van der Waals surface area contributed by atoms with Crippen LogP contribution in [0.5, 0.6) is 0 Å². The van der Waals surface area contributed by atoms with Crippen LogP contribution in [0.2, 0.25) is 5.02 Å². The number of anilines is 1. The molecule has 24 heavy (non-hydrogen) atoms. The molecule has 3 rings (SSSR count). The van der Waals surface area contributed by atoms with E-state index in [0.29, 0.717) is 13.0 Å². The lowest BCUT2D eigenvalue weighted by molar-refractivity contribution is -0.109. The van der Waals surface area contributed by atoms with E-state index >= 15 is 0 Å². The summed E-state index contributed by atoms with van der Waals surface area (Å²) < 4.78 is 0. The van der Waals surface area contributed by atoms with Crippen LogP contribution in [0, 0.1) is 0 Å². The monoisotopic (exact) mass is 344 g/mol. The number of carbonyl (C=O) groups is 1. The van der Waals surface area contributed by atoms with E-state index in [4.69, 9.17) is 11.6 Å². The number of amides is 1. The van der Waals surface area contributed by atoms with Gasteiger partial charge >= 0.3 is 0 Å². The highest BCUT2D eigenvalue weighted by atomic mass is 35.5. The van der Waals surface area contributed by atoms with E-state index in [0.717, 1.165) is 17.0 Å². The number of rotatable bonds is 3. The Hall–Kier alpha value is -2.26. The average molecular weight is 345 g/mol. The van der Waals surface area contributed by atoms with Gasteiger partial charge in [0.2, 0.25) is 6.41 Å². The van der Waals surface area contributed by atoms with Crippen LogP contribution in [0.25, 0.3) is 0 Å². The van der Waals surface area contributed by atoms with Crippen molar-refractivity contribution in [1.29, 1.82) is 0 Å². The Morgan fingerprint density at radius 1 is 1.17 bits per heavy atom. The molecule has 2 aromatic carbocycles. The van der Waals surface area contributed by atoms with E-state index in [9.17, 15) is 4.79 Å². The predicted octanol–water partition coefficient (Wildman–Crippen LogP) is 5.17. The van der Waals surface area contributed by atoms with Gasteiger partial charge in [0.25, 0.3) is 0 Å². The molecule has 1 heterocycles. The van der Waals surface area contributed by atoms with Crippen molar-refractivity contribution in [2.45, 2.75) is 33.7 Å². The molecule has 0 saturated carbocycles. The number of allylic oxidation sites excluding steroid dienone is 2. The number of halogens is 1. The zero-order valence-corrected chi connectivity index (χ0v) is 15.2. The Morgan fingerprint density at radius 2 is 1.88 bits per heavy atom. The lowest BCUT2D eigenvalue weighted by Crippen LogP contribution is -2.09. The van der Waals surface area contributed by atoms with Crippen molar-refractivity contribution in [3.8, 4) is 0 Å².